The second-order valence-electron chi connectivity index (χ2n) is 7.86. The van der Waals surface area contributed by atoms with Crippen LogP contribution in [0.15, 0.2) is 66.9 Å². The third-order valence-electron chi connectivity index (χ3n) is 4.94. The van der Waals surface area contributed by atoms with E-state index in [1.165, 1.54) is 11.0 Å². The molecule has 3 aromatic rings. The molecule has 1 atom stereocenters. The predicted octanol–water partition coefficient (Wildman–Crippen LogP) is 3.90. The molecule has 3 rings (SSSR count). The number of amides is 2. The summed E-state index contributed by atoms with van der Waals surface area (Å²) in [6, 6.07) is 17.1. The van der Waals surface area contributed by atoms with Gasteiger partial charge in [-0.05, 0) is 60.9 Å². The molecule has 7 heteroatoms. The molecule has 0 aliphatic carbocycles. The summed E-state index contributed by atoms with van der Waals surface area (Å²) >= 11 is 0. The molecular formula is C25H27FN4O2. The van der Waals surface area contributed by atoms with Crippen LogP contribution in [0.2, 0.25) is 0 Å². The van der Waals surface area contributed by atoms with Crippen LogP contribution in [-0.2, 0) is 13.0 Å². The van der Waals surface area contributed by atoms with Crippen molar-refractivity contribution < 1.29 is 14.0 Å². The van der Waals surface area contributed by atoms with Gasteiger partial charge in [-0.15, -0.1) is 0 Å². The van der Waals surface area contributed by atoms with Crippen molar-refractivity contribution in [2.24, 2.45) is 0 Å². The first-order valence-electron chi connectivity index (χ1n) is 10.4. The molecule has 1 heterocycles. The molecule has 1 aromatic heterocycles. The van der Waals surface area contributed by atoms with Crippen molar-refractivity contribution in [2.75, 3.05) is 19.4 Å². The van der Waals surface area contributed by atoms with Gasteiger partial charge in [0.05, 0.1) is 0 Å². The fraction of sp³-hybridized carbons (Fsp3) is 0.240. The van der Waals surface area contributed by atoms with Crippen LogP contribution in [0.5, 0.6) is 0 Å². The van der Waals surface area contributed by atoms with Crippen LogP contribution in [-0.4, -0.2) is 41.8 Å². The van der Waals surface area contributed by atoms with Crippen molar-refractivity contribution in [1.29, 1.82) is 0 Å². The molecule has 166 valence electrons. The summed E-state index contributed by atoms with van der Waals surface area (Å²) in [5, 5.41) is 6.18. The van der Waals surface area contributed by atoms with Crippen LogP contribution in [0, 0.1) is 5.82 Å². The van der Waals surface area contributed by atoms with E-state index < -0.39 is 0 Å². The Hall–Kier alpha value is -3.58. The standard InChI is InChI=1S/C25H27FN4O2/c1-17(12-19-8-4-5-9-22(19)26)28-16-18-13-20(25(32)30(2)3)15-21(14-18)29-24(31)23-10-6-7-11-27-23/h4-11,13-15,17,28H,12,16H2,1-3H3,(H,29,31)/t17-/m0/s1. The molecule has 0 fully saturated rings. The van der Waals surface area contributed by atoms with Gasteiger partial charge in [-0.25, -0.2) is 4.39 Å². The first-order valence-corrected chi connectivity index (χ1v) is 10.4. The normalized spacial score (nSPS) is 11.6. The lowest BCUT2D eigenvalue weighted by atomic mass is 10.0. The van der Waals surface area contributed by atoms with Gasteiger partial charge in [0.25, 0.3) is 11.8 Å². The maximum Gasteiger partial charge on any atom is 0.274 e. The Morgan fingerprint density at radius 1 is 1.06 bits per heavy atom. The number of benzene rings is 2. The third-order valence-corrected chi connectivity index (χ3v) is 4.94. The molecule has 0 saturated carbocycles. The summed E-state index contributed by atoms with van der Waals surface area (Å²) in [5.74, 6) is -0.745. The molecule has 0 aliphatic heterocycles. The van der Waals surface area contributed by atoms with E-state index in [4.69, 9.17) is 0 Å². The quantitative estimate of drug-likeness (QED) is 0.564. The highest BCUT2D eigenvalue weighted by Gasteiger charge is 2.14. The zero-order valence-corrected chi connectivity index (χ0v) is 18.4. The van der Waals surface area contributed by atoms with E-state index in [1.54, 1.807) is 62.8 Å². The van der Waals surface area contributed by atoms with Crippen molar-refractivity contribution in [3.05, 3.63) is 95.1 Å². The molecule has 2 amide bonds. The molecule has 6 nitrogen and oxygen atoms in total. The van der Waals surface area contributed by atoms with Gasteiger partial charge in [-0.2, -0.15) is 0 Å². The zero-order chi connectivity index (χ0) is 23.1. The van der Waals surface area contributed by atoms with Gasteiger partial charge < -0.3 is 15.5 Å². The van der Waals surface area contributed by atoms with E-state index in [0.29, 0.717) is 29.8 Å². The Kier molecular flexibility index (Phi) is 7.68. The number of hydrogen-bond acceptors (Lipinski definition) is 4. The molecule has 32 heavy (non-hydrogen) atoms. The van der Waals surface area contributed by atoms with Gasteiger partial charge in [0.1, 0.15) is 11.5 Å². The highest BCUT2D eigenvalue weighted by atomic mass is 19.1. The molecular weight excluding hydrogens is 407 g/mol. The maximum absolute atomic E-state index is 13.9. The van der Waals surface area contributed by atoms with E-state index in [0.717, 1.165) is 5.56 Å². The molecule has 0 bridgehead atoms. The lowest BCUT2D eigenvalue weighted by molar-refractivity contribution is 0.0827. The first-order chi connectivity index (χ1) is 15.3. The third kappa shape index (κ3) is 6.21. The average Bonchev–Trinajstić information content (AvgIpc) is 2.79. The fourth-order valence-electron chi connectivity index (χ4n) is 3.30. The molecule has 2 N–H and O–H groups in total. The van der Waals surface area contributed by atoms with Crippen LogP contribution >= 0.6 is 0 Å². The number of anilines is 1. The molecule has 0 unspecified atom stereocenters. The summed E-state index contributed by atoms with van der Waals surface area (Å²) in [6.07, 6.45) is 2.08. The Morgan fingerprint density at radius 3 is 2.50 bits per heavy atom. The summed E-state index contributed by atoms with van der Waals surface area (Å²) in [6.45, 7) is 2.43. The number of pyridine rings is 1. The minimum atomic E-state index is -0.355. The summed E-state index contributed by atoms with van der Waals surface area (Å²) in [4.78, 5) is 30.6. The Morgan fingerprint density at radius 2 is 1.81 bits per heavy atom. The van der Waals surface area contributed by atoms with Crippen LogP contribution in [0.1, 0.15) is 38.9 Å². The van der Waals surface area contributed by atoms with Crippen LogP contribution < -0.4 is 10.6 Å². The second kappa shape index (κ2) is 10.6. The van der Waals surface area contributed by atoms with E-state index >= 15 is 0 Å². The summed E-state index contributed by atoms with van der Waals surface area (Å²) in [5.41, 5.74) is 2.73. The van der Waals surface area contributed by atoms with Crippen molar-refractivity contribution in [2.45, 2.75) is 25.9 Å². The van der Waals surface area contributed by atoms with Crippen molar-refractivity contribution in [3.63, 3.8) is 0 Å². The Balaban J connectivity index is 1.76. The lowest BCUT2D eigenvalue weighted by Gasteiger charge is -2.17. The van der Waals surface area contributed by atoms with Gasteiger partial charge >= 0.3 is 0 Å². The van der Waals surface area contributed by atoms with Gasteiger partial charge in [0.15, 0.2) is 0 Å². The SMILES string of the molecule is C[C@@H](Cc1ccccc1F)NCc1cc(NC(=O)c2ccccn2)cc(C(=O)N(C)C)c1. The van der Waals surface area contributed by atoms with Gasteiger partial charge in [0, 0.05) is 44.1 Å². The molecule has 0 spiro atoms. The number of nitrogens with one attached hydrogen (secondary N) is 2. The predicted molar refractivity (Wildman–Crippen MR) is 123 cm³/mol. The van der Waals surface area contributed by atoms with Gasteiger partial charge in [-0.1, -0.05) is 24.3 Å². The number of halogens is 1. The van der Waals surface area contributed by atoms with Crippen molar-refractivity contribution >= 4 is 17.5 Å². The smallest absolute Gasteiger partial charge is 0.274 e. The summed E-state index contributed by atoms with van der Waals surface area (Å²) in [7, 11) is 3.35. The maximum atomic E-state index is 13.9. The van der Waals surface area contributed by atoms with Crippen LogP contribution in [0.25, 0.3) is 0 Å². The monoisotopic (exact) mass is 434 g/mol. The van der Waals surface area contributed by atoms with Crippen LogP contribution in [0.4, 0.5) is 10.1 Å². The highest BCUT2D eigenvalue weighted by Crippen LogP contribution is 2.18. The first kappa shape index (κ1) is 23.1. The van der Waals surface area contributed by atoms with E-state index in [9.17, 15) is 14.0 Å². The van der Waals surface area contributed by atoms with Gasteiger partial charge in [0.2, 0.25) is 0 Å². The topological polar surface area (TPSA) is 74.3 Å². The minimum Gasteiger partial charge on any atom is -0.345 e. The second-order valence-corrected chi connectivity index (χ2v) is 7.86. The fourth-order valence-corrected chi connectivity index (χ4v) is 3.30. The van der Waals surface area contributed by atoms with E-state index in [-0.39, 0.29) is 29.4 Å². The Bertz CT molecular complexity index is 1090. The average molecular weight is 435 g/mol. The van der Waals surface area contributed by atoms with E-state index in [1.807, 2.05) is 19.1 Å². The molecule has 2 aromatic carbocycles. The number of hydrogen-bond donors (Lipinski definition) is 2. The highest BCUT2D eigenvalue weighted by molar-refractivity contribution is 6.04. The zero-order valence-electron chi connectivity index (χ0n) is 18.4. The lowest BCUT2D eigenvalue weighted by Crippen LogP contribution is -2.28. The number of rotatable bonds is 8. The van der Waals surface area contributed by atoms with Crippen molar-refractivity contribution in [1.82, 2.24) is 15.2 Å². The number of nitrogens with zero attached hydrogens (tertiary/aromatic N) is 2. The van der Waals surface area contributed by atoms with Gasteiger partial charge in [-0.3, -0.25) is 14.6 Å². The number of aromatic nitrogens is 1. The summed E-state index contributed by atoms with van der Waals surface area (Å²) < 4.78 is 13.9. The number of carbonyl (C=O) groups excluding carboxylic acids is 2. The van der Waals surface area contributed by atoms with Crippen LogP contribution in [0.3, 0.4) is 0 Å². The van der Waals surface area contributed by atoms with Crippen molar-refractivity contribution in [3.8, 4) is 0 Å². The number of carbonyl (C=O) groups is 2. The molecule has 0 aliphatic rings. The molecule has 0 radical (unpaired) electrons. The Labute approximate surface area is 187 Å². The largest absolute Gasteiger partial charge is 0.345 e. The molecule has 0 saturated heterocycles. The minimum absolute atomic E-state index is 0.00617. The van der Waals surface area contributed by atoms with E-state index in [2.05, 4.69) is 15.6 Å².